The Bertz CT molecular complexity index is 815. The number of hydrogen-bond acceptors (Lipinski definition) is 5. The van der Waals surface area contributed by atoms with E-state index < -0.39 is 10.8 Å². The van der Waals surface area contributed by atoms with Gasteiger partial charge in [-0.05, 0) is 38.0 Å². The van der Waals surface area contributed by atoms with Crippen molar-refractivity contribution in [1.82, 2.24) is 0 Å². The molecule has 0 spiro atoms. The van der Waals surface area contributed by atoms with Crippen molar-refractivity contribution in [3.8, 4) is 5.75 Å². The highest BCUT2D eigenvalue weighted by Gasteiger charge is 2.22. The molecule has 0 saturated carbocycles. The van der Waals surface area contributed by atoms with Crippen molar-refractivity contribution in [1.29, 1.82) is 0 Å². The minimum Gasteiger partial charge on any atom is -0.491 e. The molecule has 1 amide bonds. The van der Waals surface area contributed by atoms with E-state index in [2.05, 4.69) is 5.32 Å². The molecule has 136 valence electrons. The Hall–Kier alpha value is -2.93. The van der Waals surface area contributed by atoms with E-state index in [0.717, 1.165) is 19.4 Å². The van der Waals surface area contributed by atoms with E-state index in [-0.39, 0.29) is 17.4 Å². The van der Waals surface area contributed by atoms with Gasteiger partial charge < -0.3 is 14.8 Å². The maximum atomic E-state index is 12.5. The lowest BCUT2D eigenvalue weighted by Gasteiger charge is -2.13. The number of benzene rings is 2. The van der Waals surface area contributed by atoms with E-state index in [4.69, 9.17) is 9.47 Å². The maximum absolute atomic E-state index is 12.5. The molecule has 1 N–H and O–H groups in total. The highest BCUT2D eigenvalue weighted by Crippen LogP contribution is 2.25. The molecule has 3 rings (SSSR count). The molecular weight excluding hydrogens is 336 g/mol. The Labute approximate surface area is 151 Å². The van der Waals surface area contributed by atoms with Crippen LogP contribution in [0.5, 0.6) is 5.75 Å². The SMILES string of the molecule is Cc1cccc(C(=O)Nc2cccc(OC[C@H]3CCCO3)c2)c1[N+](=O)[O-]. The van der Waals surface area contributed by atoms with Crippen LogP contribution in [0, 0.1) is 17.0 Å². The van der Waals surface area contributed by atoms with Crippen LogP contribution in [0.1, 0.15) is 28.8 Å². The summed E-state index contributed by atoms with van der Waals surface area (Å²) in [7, 11) is 0. The van der Waals surface area contributed by atoms with E-state index >= 15 is 0 Å². The van der Waals surface area contributed by atoms with Gasteiger partial charge in [0.15, 0.2) is 0 Å². The quantitative estimate of drug-likeness (QED) is 0.629. The predicted molar refractivity (Wildman–Crippen MR) is 96.7 cm³/mol. The number of para-hydroxylation sites is 1. The van der Waals surface area contributed by atoms with Crippen molar-refractivity contribution in [2.75, 3.05) is 18.5 Å². The van der Waals surface area contributed by atoms with Crippen LogP contribution >= 0.6 is 0 Å². The van der Waals surface area contributed by atoms with Gasteiger partial charge in [-0.25, -0.2) is 0 Å². The summed E-state index contributed by atoms with van der Waals surface area (Å²) in [6.07, 6.45) is 2.12. The van der Waals surface area contributed by atoms with E-state index in [9.17, 15) is 14.9 Å². The van der Waals surface area contributed by atoms with E-state index in [1.54, 1.807) is 43.3 Å². The number of carbonyl (C=O) groups excluding carboxylic acids is 1. The van der Waals surface area contributed by atoms with Crippen molar-refractivity contribution >= 4 is 17.3 Å². The second-order valence-corrected chi connectivity index (χ2v) is 6.16. The average molecular weight is 356 g/mol. The van der Waals surface area contributed by atoms with E-state index in [1.165, 1.54) is 6.07 Å². The Morgan fingerprint density at radius 3 is 2.88 bits per heavy atom. The van der Waals surface area contributed by atoms with Crippen LogP contribution in [0.15, 0.2) is 42.5 Å². The van der Waals surface area contributed by atoms with Crippen LogP contribution in [-0.4, -0.2) is 30.1 Å². The fourth-order valence-corrected chi connectivity index (χ4v) is 2.91. The molecule has 1 fully saturated rings. The number of hydrogen-bond donors (Lipinski definition) is 1. The first kappa shape index (κ1) is 17.9. The minimum atomic E-state index is -0.536. The first-order chi connectivity index (χ1) is 12.5. The zero-order valence-electron chi connectivity index (χ0n) is 14.4. The van der Waals surface area contributed by atoms with E-state index in [0.29, 0.717) is 23.6 Å². The number of nitrogens with zero attached hydrogens (tertiary/aromatic N) is 1. The number of nitro benzene ring substituents is 1. The molecule has 0 bridgehead atoms. The van der Waals surface area contributed by atoms with Crippen LogP contribution in [0.2, 0.25) is 0 Å². The fraction of sp³-hybridized carbons (Fsp3) is 0.316. The number of rotatable bonds is 6. The average Bonchev–Trinajstić information content (AvgIpc) is 3.13. The summed E-state index contributed by atoms with van der Waals surface area (Å²) >= 11 is 0. The van der Waals surface area contributed by atoms with Gasteiger partial charge in [0.25, 0.3) is 11.6 Å². The number of amides is 1. The number of anilines is 1. The van der Waals surface area contributed by atoms with Gasteiger partial charge in [0.1, 0.15) is 17.9 Å². The summed E-state index contributed by atoms with van der Waals surface area (Å²) in [4.78, 5) is 23.2. The summed E-state index contributed by atoms with van der Waals surface area (Å²) in [5.41, 5.74) is 0.795. The van der Waals surface area contributed by atoms with Crippen LogP contribution in [0.4, 0.5) is 11.4 Å². The lowest BCUT2D eigenvalue weighted by atomic mass is 10.1. The topological polar surface area (TPSA) is 90.7 Å². The Morgan fingerprint density at radius 2 is 2.15 bits per heavy atom. The third-order valence-electron chi connectivity index (χ3n) is 4.22. The summed E-state index contributed by atoms with van der Waals surface area (Å²) in [6, 6.07) is 11.6. The molecule has 0 aliphatic carbocycles. The molecule has 1 atom stereocenters. The summed E-state index contributed by atoms with van der Waals surface area (Å²) in [6.45, 7) is 2.83. The predicted octanol–water partition coefficient (Wildman–Crippen LogP) is 3.71. The molecule has 0 aromatic heterocycles. The molecule has 26 heavy (non-hydrogen) atoms. The molecule has 7 nitrogen and oxygen atoms in total. The third-order valence-corrected chi connectivity index (χ3v) is 4.22. The van der Waals surface area contributed by atoms with E-state index in [1.807, 2.05) is 0 Å². The number of aryl methyl sites for hydroxylation is 1. The molecule has 1 aliphatic rings. The number of ether oxygens (including phenoxy) is 2. The highest BCUT2D eigenvalue weighted by molar-refractivity contribution is 6.07. The van der Waals surface area contributed by atoms with Crippen LogP contribution in [-0.2, 0) is 4.74 Å². The number of nitrogens with one attached hydrogen (secondary N) is 1. The molecule has 1 heterocycles. The molecule has 1 saturated heterocycles. The van der Waals surface area contributed by atoms with Crippen molar-refractivity contribution in [2.24, 2.45) is 0 Å². The summed E-state index contributed by atoms with van der Waals surface area (Å²) in [5.74, 6) is 0.0775. The summed E-state index contributed by atoms with van der Waals surface area (Å²) < 4.78 is 11.2. The zero-order valence-corrected chi connectivity index (χ0v) is 14.4. The number of carbonyl (C=O) groups is 1. The fourth-order valence-electron chi connectivity index (χ4n) is 2.91. The van der Waals surface area contributed by atoms with Gasteiger partial charge in [-0.3, -0.25) is 14.9 Å². The van der Waals surface area contributed by atoms with Crippen molar-refractivity contribution in [2.45, 2.75) is 25.9 Å². The second-order valence-electron chi connectivity index (χ2n) is 6.16. The first-order valence-electron chi connectivity index (χ1n) is 8.44. The first-order valence-corrected chi connectivity index (χ1v) is 8.44. The highest BCUT2D eigenvalue weighted by atomic mass is 16.6. The molecule has 2 aromatic carbocycles. The third kappa shape index (κ3) is 4.18. The number of nitro groups is 1. The van der Waals surface area contributed by atoms with Gasteiger partial charge in [-0.15, -0.1) is 0 Å². The van der Waals surface area contributed by atoms with Gasteiger partial charge >= 0.3 is 0 Å². The largest absolute Gasteiger partial charge is 0.491 e. The van der Waals surface area contributed by atoms with Crippen molar-refractivity contribution < 1.29 is 19.2 Å². The summed E-state index contributed by atoms with van der Waals surface area (Å²) in [5, 5.41) is 14.0. The normalized spacial score (nSPS) is 16.3. The van der Waals surface area contributed by atoms with Gasteiger partial charge in [0, 0.05) is 23.9 Å². The molecule has 1 aliphatic heterocycles. The lowest BCUT2D eigenvalue weighted by molar-refractivity contribution is -0.385. The molecule has 2 aromatic rings. The Balaban J connectivity index is 1.71. The van der Waals surface area contributed by atoms with Gasteiger partial charge in [0.2, 0.25) is 0 Å². The molecular formula is C19H20N2O5. The van der Waals surface area contributed by atoms with Crippen LogP contribution < -0.4 is 10.1 Å². The van der Waals surface area contributed by atoms with Crippen LogP contribution in [0.3, 0.4) is 0 Å². The van der Waals surface area contributed by atoms with Crippen LogP contribution in [0.25, 0.3) is 0 Å². The maximum Gasteiger partial charge on any atom is 0.285 e. The van der Waals surface area contributed by atoms with Gasteiger partial charge in [0.05, 0.1) is 11.0 Å². The lowest BCUT2D eigenvalue weighted by Crippen LogP contribution is -2.17. The monoisotopic (exact) mass is 356 g/mol. The molecule has 0 unspecified atom stereocenters. The Kier molecular flexibility index (Phi) is 5.48. The molecule has 7 heteroatoms. The van der Waals surface area contributed by atoms with Gasteiger partial charge in [-0.2, -0.15) is 0 Å². The standard InChI is InChI=1S/C19H20N2O5/c1-13-5-2-9-17(18(13)21(23)24)19(22)20-14-6-3-7-15(11-14)26-12-16-8-4-10-25-16/h2-3,5-7,9,11,16H,4,8,10,12H2,1H3,(H,20,22)/t16-/m1/s1. The minimum absolute atomic E-state index is 0.0284. The van der Waals surface area contributed by atoms with Crippen molar-refractivity contribution in [3.63, 3.8) is 0 Å². The van der Waals surface area contributed by atoms with Gasteiger partial charge in [-0.1, -0.05) is 18.2 Å². The zero-order chi connectivity index (χ0) is 18.5. The van der Waals surface area contributed by atoms with Crippen molar-refractivity contribution in [3.05, 3.63) is 63.7 Å². The second kappa shape index (κ2) is 7.97. The smallest absolute Gasteiger partial charge is 0.285 e. The Morgan fingerprint density at radius 1 is 1.35 bits per heavy atom. The molecule has 0 radical (unpaired) electrons.